The van der Waals surface area contributed by atoms with Crippen molar-refractivity contribution >= 4 is 28.6 Å². The van der Waals surface area contributed by atoms with Gasteiger partial charge in [-0.05, 0) is 50.8 Å². The van der Waals surface area contributed by atoms with E-state index >= 15 is 0 Å². The average molecular weight is 464 g/mol. The number of hydrogen-bond donors (Lipinski definition) is 1. The van der Waals surface area contributed by atoms with Gasteiger partial charge in [0.1, 0.15) is 16.8 Å². The minimum absolute atomic E-state index is 0.0374. The number of rotatable bonds is 4. The maximum atomic E-state index is 13.6. The number of pyridine rings is 2. The molecule has 0 radical (unpaired) electrons. The SMILES string of the molecule is CCOC(=O)C1CCN(C(=O)c2cc3c(=O)n4ccccc4nc3n(C3CCCC3)c2=N)CC1. The summed E-state index contributed by atoms with van der Waals surface area (Å²) in [6.45, 7) is 2.96. The quantitative estimate of drug-likeness (QED) is 0.473. The summed E-state index contributed by atoms with van der Waals surface area (Å²) < 4.78 is 8.41. The van der Waals surface area contributed by atoms with Crippen LogP contribution >= 0.6 is 0 Å². The first-order valence-electron chi connectivity index (χ1n) is 12.1. The van der Waals surface area contributed by atoms with Gasteiger partial charge in [-0.2, -0.15) is 0 Å². The zero-order chi connectivity index (χ0) is 23.8. The maximum Gasteiger partial charge on any atom is 0.309 e. The molecule has 1 saturated carbocycles. The zero-order valence-corrected chi connectivity index (χ0v) is 19.3. The van der Waals surface area contributed by atoms with E-state index in [1.54, 1.807) is 34.7 Å². The second kappa shape index (κ2) is 9.04. The van der Waals surface area contributed by atoms with Crippen molar-refractivity contribution in [3.8, 4) is 0 Å². The van der Waals surface area contributed by atoms with Crippen molar-refractivity contribution in [2.24, 2.45) is 5.92 Å². The maximum absolute atomic E-state index is 13.6. The minimum Gasteiger partial charge on any atom is -0.466 e. The largest absolute Gasteiger partial charge is 0.466 e. The number of ether oxygens (including phenoxy) is 1. The molecule has 0 bridgehead atoms. The molecule has 178 valence electrons. The van der Waals surface area contributed by atoms with Crippen LogP contribution in [-0.4, -0.2) is 50.4 Å². The summed E-state index contributed by atoms with van der Waals surface area (Å²) >= 11 is 0. The molecule has 2 aliphatic rings. The first kappa shape index (κ1) is 22.3. The molecule has 1 saturated heterocycles. The Hall–Kier alpha value is -3.49. The number of piperidine rings is 1. The molecule has 0 atom stereocenters. The molecule has 1 N–H and O–H groups in total. The number of nitrogens with one attached hydrogen (secondary N) is 1. The lowest BCUT2D eigenvalue weighted by Gasteiger charge is -2.31. The minimum atomic E-state index is -0.279. The van der Waals surface area contributed by atoms with Crippen LogP contribution in [0.3, 0.4) is 0 Å². The fourth-order valence-corrected chi connectivity index (χ4v) is 5.28. The van der Waals surface area contributed by atoms with Crippen LogP contribution in [0.5, 0.6) is 0 Å². The van der Waals surface area contributed by atoms with Crippen molar-refractivity contribution in [3.63, 3.8) is 0 Å². The van der Waals surface area contributed by atoms with Crippen LogP contribution in [0, 0.1) is 11.3 Å². The van der Waals surface area contributed by atoms with E-state index in [0.29, 0.717) is 49.2 Å². The van der Waals surface area contributed by atoms with Crippen LogP contribution in [0.2, 0.25) is 0 Å². The lowest BCUT2D eigenvalue weighted by molar-refractivity contribution is -0.149. The van der Waals surface area contributed by atoms with E-state index in [4.69, 9.17) is 15.1 Å². The second-order valence-corrected chi connectivity index (χ2v) is 9.12. The van der Waals surface area contributed by atoms with E-state index < -0.39 is 0 Å². The monoisotopic (exact) mass is 463 g/mol. The number of likely N-dealkylation sites (tertiary alicyclic amines) is 1. The number of aromatic nitrogens is 3. The van der Waals surface area contributed by atoms with Crippen molar-refractivity contribution in [2.45, 2.75) is 51.5 Å². The highest BCUT2D eigenvalue weighted by Gasteiger charge is 2.31. The zero-order valence-electron chi connectivity index (χ0n) is 19.3. The first-order chi connectivity index (χ1) is 16.5. The Morgan fingerprint density at radius 3 is 2.59 bits per heavy atom. The summed E-state index contributed by atoms with van der Waals surface area (Å²) in [6.07, 6.45) is 6.61. The normalized spacial score (nSPS) is 17.5. The molecule has 34 heavy (non-hydrogen) atoms. The van der Waals surface area contributed by atoms with E-state index in [1.165, 1.54) is 10.5 Å². The molecule has 4 heterocycles. The third-order valence-corrected chi connectivity index (χ3v) is 7.08. The molecule has 9 nitrogen and oxygen atoms in total. The predicted molar refractivity (Wildman–Crippen MR) is 126 cm³/mol. The van der Waals surface area contributed by atoms with Crippen LogP contribution in [0.1, 0.15) is 61.8 Å². The Balaban J connectivity index is 1.58. The molecule has 1 aliphatic carbocycles. The van der Waals surface area contributed by atoms with Crippen molar-refractivity contribution in [1.29, 1.82) is 5.41 Å². The molecule has 1 aliphatic heterocycles. The van der Waals surface area contributed by atoms with E-state index in [9.17, 15) is 14.4 Å². The van der Waals surface area contributed by atoms with Gasteiger partial charge in [-0.15, -0.1) is 0 Å². The second-order valence-electron chi connectivity index (χ2n) is 9.12. The van der Waals surface area contributed by atoms with Crippen molar-refractivity contribution < 1.29 is 14.3 Å². The summed E-state index contributed by atoms with van der Waals surface area (Å²) in [6, 6.07) is 6.95. The summed E-state index contributed by atoms with van der Waals surface area (Å²) in [5.41, 5.74) is 1.05. The fourth-order valence-electron chi connectivity index (χ4n) is 5.28. The number of carbonyl (C=O) groups is 2. The topological polar surface area (TPSA) is 110 Å². The van der Waals surface area contributed by atoms with Crippen molar-refractivity contribution in [1.82, 2.24) is 18.9 Å². The number of fused-ring (bicyclic) bond motifs is 2. The van der Waals surface area contributed by atoms with Crippen molar-refractivity contribution in [3.05, 3.63) is 51.9 Å². The van der Waals surface area contributed by atoms with E-state index in [1.807, 2.05) is 6.07 Å². The molecule has 3 aromatic heterocycles. The highest BCUT2D eigenvalue weighted by Crippen LogP contribution is 2.30. The van der Waals surface area contributed by atoms with Gasteiger partial charge in [0.2, 0.25) is 0 Å². The van der Waals surface area contributed by atoms with E-state index in [-0.39, 0.29) is 40.4 Å². The van der Waals surface area contributed by atoms with Gasteiger partial charge in [-0.1, -0.05) is 18.9 Å². The van der Waals surface area contributed by atoms with E-state index in [2.05, 4.69) is 0 Å². The van der Waals surface area contributed by atoms with Crippen LogP contribution in [0.4, 0.5) is 0 Å². The molecule has 1 amide bonds. The summed E-state index contributed by atoms with van der Waals surface area (Å²) in [7, 11) is 0. The van der Waals surface area contributed by atoms with Gasteiger partial charge in [0.15, 0.2) is 0 Å². The number of amides is 1. The summed E-state index contributed by atoms with van der Waals surface area (Å²) in [5.74, 6) is -0.704. The van der Waals surface area contributed by atoms with Crippen LogP contribution in [-0.2, 0) is 9.53 Å². The summed E-state index contributed by atoms with van der Waals surface area (Å²) in [5, 5.41) is 9.32. The lowest BCUT2D eigenvalue weighted by Crippen LogP contribution is -2.43. The Morgan fingerprint density at radius 2 is 1.88 bits per heavy atom. The van der Waals surface area contributed by atoms with Gasteiger partial charge in [0.05, 0.1) is 23.5 Å². The molecule has 0 unspecified atom stereocenters. The molecule has 9 heteroatoms. The molecule has 2 fully saturated rings. The van der Waals surface area contributed by atoms with Gasteiger partial charge >= 0.3 is 5.97 Å². The van der Waals surface area contributed by atoms with Gasteiger partial charge in [-0.25, -0.2) is 4.98 Å². The van der Waals surface area contributed by atoms with Crippen LogP contribution < -0.4 is 11.0 Å². The Kier molecular flexibility index (Phi) is 5.93. The Labute approximate surface area is 196 Å². The third-order valence-electron chi connectivity index (χ3n) is 7.08. The molecular weight excluding hydrogens is 434 g/mol. The number of carbonyl (C=O) groups excluding carboxylic acids is 2. The highest BCUT2D eigenvalue weighted by atomic mass is 16.5. The lowest BCUT2D eigenvalue weighted by atomic mass is 9.96. The molecule has 5 rings (SSSR count). The molecule has 0 spiro atoms. The fraction of sp³-hybridized carbons (Fsp3) is 0.480. The van der Waals surface area contributed by atoms with Gasteiger partial charge in [0, 0.05) is 25.3 Å². The standard InChI is InChI=1S/C25H29N5O4/c1-2-34-25(33)16-10-13-28(14-11-16)23(31)18-15-19-22(30(21(18)26)17-7-3-4-8-17)27-20-9-5-6-12-29(20)24(19)32/h5-6,9,12,15-17,26H,2-4,7-8,10-11,13-14H2,1H3. The number of hydrogen-bond acceptors (Lipinski definition) is 6. The molecule has 3 aromatic rings. The first-order valence-corrected chi connectivity index (χ1v) is 12.1. The van der Waals surface area contributed by atoms with Gasteiger partial charge in [0.25, 0.3) is 11.5 Å². The third kappa shape index (κ3) is 3.78. The predicted octanol–water partition coefficient (Wildman–Crippen LogP) is 2.66. The van der Waals surface area contributed by atoms with Gasteiger partial charge in [-0.3, -0.25) is 24.2 Å². The summed E-state index contributed by atoms with van der Waals surface area (Å²) in [4.78, 5) is 45.4. The number of esters is 1. The van der Waals surface area contributed by atoms with Crippen molar-refractivity contribution in [2.75, 3.05) is 19.7 Å². The number of nitrogens with zero attached hydrogens (tertiary/aromatic N) is 4. The highest BCUT2D eigenvalue weighted by molar-refractivity contribution is 5.97. The van der Waals surface area contributed by atoms with Crippen LogP contribution in [0.25, 0.3) is 16.7 Å². The molecule has 0 aromatic carbocycles. The molecular formula is C25H29N5O4. The van der Waals surface area contributed by atoms with E-state index in [0.717, 1.165) is 25.7 Å². The Morgan fingerprint density at radius 1 is 1.15 bits per heavy atom. The average Bonchev–Trinajstić information content (AvgIpc) is 3.38. The Bertz CT molecular complexity index is 1380. The van der Waals surface area contributed by atoms with Gasteiger partial charge < -0.3 is 14.2 Å². The smallest absolute Gasteiger partial charge is 0.309 e. The van der Waals surface area contributed by atoms with Crippen LogP contribution in [0.15, 0.2) is 35.3 Å².